The molecule has 1 saturated heterocycles. The summed E-state index contributed by atoms with van der Waals surface area (Å²) in [6, 6.07) is 8.74. The molecule has 0 radical (unpaired) electrons. The van der Waals surface area contributed by atoms with E-state index in [0.717, 1.165) is 44.9 Å². The number of nitrogens with one attached hydrogen (secondary N) is 2. The summed E-state index contributed by atoms with van der Waals surface area (Å²) in [6.45, 7) is 5.18. The van der Waals surface area contributed by atoms with Crippen molar-refractivity contribution < 1.29 is 4.79 Å². The number of carbonyl (C=O) groups excluding carboxylic acids is 1. The standard InChI is InChI=1S/C23H37N5O/c1-4-24-23(25-16-18-9-8-12-21(15-18)27(2)3)26-20-13-14-28(17-20)22(29)19-10-6-5-7-11-19/h8-9,12,15,19-20H,4-7,10-11,13-14,16-17H2,1-3H3,(H2,24,25,26). The van der Waals surface area contributed by atoms with Crippen LogP contribution in [0.2, 0.25) is 0 Å². The molecule has 1 aromatic rings. The van der Waals surface area contributed by atoms with Gasteiger partial charge in [0.25, 0.3) is 0 Å². The molecule has 6 nitrogen and oxygen atoms in total. The maximum atomic E-state index is 12.8. The summed E-state index contributed by atoms with van der Waals surface area (Å²) in [5, 5.41) is 6.90. The lowest BCUT2D eigenvalue weighted by Crippen LogP contribution is -2.45. The molecular weight excluding hydrogens is 362 g/mol. The highest BCUT2D eigenvalue weighted by Crippen LogP contribution is 2.26. The zero-order valence-electron chi connectivity index (χ0n) is 18.3. The quantitative estimate of drug-likeness (QED) is 0.570. The number of hydrogen-bond acceptors (Lipinski definition) is 3. The fourth-order valence-electron chi connectivity index (χ4n) is 4.30. The number of rotatable bonds is 6. The van der Waals surface area contributed by atoms with Gasteiger partial charge in [0.1, 0.15) is 0 Å². The molecule has 160 valence electrons. The first kappa shape index (κ1) is 21.5. The number of aliphatic imine (C=N–C) groups is 1. The van der Waals surface area contributed by atoms with Crippen molar-refractivity contribution in [2.45, 2.75) is 58.0 Å². The minimum atomic E-state index is 0.258. The van der Waals surface area contributed by atoms with Gasteiger partial charge >= 0.3 is 0 Å². The minimum Gasteiger partial charge on any atom is -0.378 e. The third-order valence-corrected chi connectivity index (χ3v) is 5.99. The molecular formula is C23H37N5O. The van der Waals surface area contributed by atoms with Crippen LogP contribution in [0.25, 0.3) is 0 Å². The van der Waals surface area contributed by atoms with Gasteiger partial charge in [-0.2, -0.15) is 0 Å². The molecule has 1 aromatic carbocycles. The maximum absolute atomic E-state index is 12.8. The zero-order valence-corrected chi connectivity index (χ0v) is 18.3. The lowest BCUT2D eigenvalue weighted by molar-refractivity contribution is -0.135. The first-order valence-corrected chi connectivity index (χ1v) is 11.2. The van der Waals surface area contributed by atoms with E-state index in [2.05, 4.69) is 65.7 Å². The summed E-state index contributed by atoms with van der Waals surface area (Å²) >= 11 is 0. The van der Waals surface area contributed by atoms with E-state index in [1.54, 1.807) is 0 Å². The Kier molecular flexibility index (Phi) is 7.78. The Hall–Kier alpha value is -2.24. The Balaban J connectivity index is 1.55. The molecule has 6 heteroatoms. The average molecular weight is 400 g/mol. The topological polar surface area (TPSA) is 60.0 Å². The molecule has 2 N–H and O–H groups in total. The number of amides is 1. The molecule has 2 fully saturated rings. The molecule has 2 aliphatic rings. The summed E-state index contributed by atoms with van der Waals surface area (Å²) in [7, 11) is 4.10. The SMILES string of the molecule is CCNC(=NCc1cccc(N(C)C)c1)NC1CCN(C(=O)C2CCCCC2)C1. The van der Waals surface area contributed by atoms with E-state index in [-0.39, 0.29) is 12.0 Å². The van der Waals surface area contributed by atoms with Crippen LogP contribution in [0.4, 0.5) is 5.69 Å². The van der Waals surface area contributed by atoms with Gasteiger partial charge in [0.15, 0.2) is 5.96 Å². The summed E-state index contributed by atoms with van der Waals surface area (Å²) in [6.07, 6.45) is 6.83. The molecule has 1 heterocycles. The van der Waals surface area contributed by atoms with E-state index in [1.807, 2.05) is 0 Å². The normalized spacial score (nSPS) is 20.6. The molecule has 0 bridgehead atoms. The molecule has 1 unspecified atom stereocenters. The van der Waals surface area contributed by atoms with E-state index in [0.29, 0.717) is 12.5 Å². The van der Waals surface area contributed by atoms with Gasteiger partial charge < -0.3 is 20.4 Å². The van der Waals surface area contributed by atoms with Gasteiger partial charge in [0.05, 0.1) is 6.54 Å². The fraction of sp³-hybridized carbons (Fsp3) is 0.652. The second kappa shape index (κ2) is 10.5. The molecule has 1 saturated carbocycles. The average Bonchev–Trinajstić information content (AvgIpc) is 3.21. The van der Waals surface area contributed by atoms with Gasteiger partial charge in [-0.25, -0.2) is 4.99 Å². The van der Waals surface area contributed by atoms with Crippen molar-refractivity contribution in [2.24, 2.45) is 10.9 Å². The van der Waals surface area contributed by atoms with E-state index in [9.17, 15) is 4.79 Å². The second-order valence-electron chi connectivity index (χ2n) is 8.51. The third-order valence-electron chi connectivity index (χ3n) is 5.99. The summed E-state index contributed by atoms with van der Waals surface area (Å²) in [4.78, 5) is 21.8. The lowest BCUT2D eigenvalue weighted by atomic mass is 9.88. The molecule has 3 rings (SSSR count). The van der Waals surface area contributed by atoms with E-state index >= 15 is 0 Å². The minimum absolute atomic E-state index is 0.258. The predicted molar refractivity (Wildman–Crippen MR) is 120 cm³/mol. The summed E-state index contributed by atoms with van der Waals surface area (Å²) in [5.41, 5.74) is 2.37. The van der Waals surface area contributed by atoms with Crippen molar-refractivity contribution in [3.8, 4) is 0 Å². The lowest BCUT2D eigenvalue weighted by Gasteiger charge is -2.26. The fourth-order valence-corrected chi connectivity index (χ4v) is 4.30. The first-order chi connectivity index (χ1) is 14.1. The highest BCUT2D eigenvalue weighted by Gasteiger charge is 2.31. The van der Waals surface area contributed by atoms with E-state index in [1.165, 1.54) is 30.5 Å². The van der Waals surface area contributed by atoms with Crippen molar-refractivity contribution >= 4 is 17.6 Å². The zero-order chi connectivity index (χ0) is 20.6. The van der Waals surface area contributed by atoms with Crippen LogP contribution < -0.4 is 15.5 Å². The summed E-state index contributed by atoms with van der Waals surface area (Å²) < 4.78 is 0. The van der Waals surface area contributed by atoms with Crippen LogP contribution >= 0.6 is 0 Å². The molecule has 0 spiro atoms. The third kappa shape index (κ3) is 6.12. The van der Waals surface area contributed by atoms with Crippen LogP contribution in [0.1, 0.15) is 51.0 Å². The second-order valence-corrected chi connectivity index (χ2v) is 8.51. The number of benzene rings is 1. The Morgan fingerprint density at radius 2 is 2.00 bits per heavy atom. The van der Waals surface area contributed by atoms with Gasteiger partial charge in [-0.3, -0.25) is 4.79 Å². The molecule has 1 amide bonds. The molecule has 0 aromatic heterocycles. The highest BCUT2D eigenvalue weighted by molar-refractivity contribution is 5.81. The van der Waals surface area contributed by atoms with Crippen LogP contribution in [-0.2, 0) is 11.3 Å². The maximum Gasteiger partial charge on any atom is 0.225 e. The Morgan fingerprint density at radius 3 is 2.72 bits per heavy atom. The molecule has 29 heavy (non-hydrogen) atoms. The molecule has 1 aliphatic carbocycles. The van der Waals surface area contributed by atoms with Gasteiger partial charge in [-0.15, -0.1) is 0 Å². The van der Waals surface area contributed by atoms with Crippen molar-refractivity contribution in [3.63, 3.8) is 0 Å². The van der Waals surface area contributed by atoms with E-state index < -0.39 is 0 Å². The van der Waals surface area contributed by atoms with Crippen LogP contribution in [-0.4, -0.2) is 56.5 Å². The molecule has 1 aliphatic heterocycles. The van der Waals surface area contributed by atoms with Gasteiger partial charge in [-0.1, -0.05) is 31.4 Å². The number of carbonyl (C=O) groups is 1. The highest BCUT2D eigenvalue weighted by atomic mass is 16.2. The van der Waals surface area contributed by atoms with Crippen molar-refractivity contribution in [1.82, 2.24) is 15.5 Å². The van der Waals surface area contributed by atoms with Crippen LogP contribution in [0, 0.1) is 5.92 Å². The van der Waals surface area contributed by atoms with Gasteiger partial charge in [-0.05, 0) is 43.9 Å². The Morgan fingerprint density at radius 1 is 1.21 bits per heavy atom. The molecule has 1 atom stereocenters. The van der Waals surface area contributed by atoms with Gasteiger partial charge in [0.2, 0.25) is 5.91 Å². The number of hydrogen-bond donors (Lipinski definition) is 2. The number of anilines is 1. The van der Waals surface area contributed by atoms with E-state index in [4.69, 9.17) is 4.99 Å². The van der Waals surface area contributed by atoms with Gasteiger partial charge in [0, 0.05) is 51.4 Å². The Labute approximate surface area is 175 Å². The summed E-state index contributed by atoms with van der Waals surface area (Å²) in [5.74, 6) is 1.46. The number of likely N-dealkylation sites (tertiary alicyclic amines) is 1. The first-order valence-electron chi connectivity index (χ1n) is 11.2. The monoisotopic (exact) mass is 399 g/mol. The van der Waals surface area contributed by atoms with Crippen LogP contribution in [0.15, 0.2) is 29.3 Å². The van der Waals surface area contributed by atoms with Crippen LogP contribution in [0.3, 0.4) is 0 Å². The smallest absolute Gasteiger partial charge is 0.225 e. The van der Waals surface area contributed by atoms with Crippen LogP contribution in [0.5, 0.6) is 0 Å². The predicted octanol–water partition coefficient (Wildman–Crippen LogP) is 2.99. The van der Waals surface area contributed by atoms with Crippen molar-refractivity contribution in [2.75, 3.05) is 38.6 Å². The van der Waals surface area contributed by atoms with Crippen molar-refractivity contribution in [1.29, 1.82) is 0 Å². The number of nitrogens with zero attached hydrogens (tertiary/aromatic N) is 3. The largest absolute Gasteiger partial charge is 0.378 e. The number of guanidine groups is 1. The van der Waals surface area contributed by atoms with Crippen molar-refractivity contribution in [3.05, 3.63) is 29.8 Å². The Bertz CT molecular complexity index is 696.